The van der Waals surface area contributed by atoms with Crippen molar-refractivity contribution in [3.8, 4) is 6.07 Å². The van der Waals surface area contributed by atoms with Crippen LogP contribution in [0.3, 0.4) is 0 Å². The Morgan fingerprint density at radius 3 is 2.50 bits per heavy atom. The Bertz CT molecular complexity index is 691. The van der Waals surface area contributed by atoms with Crippen molar-refractivity contribution in [2.75, 3.05) is 5.32 Å². The summed E-state index contributed by atoms with van der Waals surface area (Å²) < 4.78 is 0. The van der Waals surface area contributed by atoms with Crippen LogP contribution < -0.4 is 5.32 Å². The van der Waals surface area contributed by atoms with Crippen LogP contribution in [0.4, 0.5) is 5.69 Å². The fourth-order valence-electron chi connectivity index (χ4n) is 2.23. The lowest BCUT2D eigenvalue weighted by atomic mass is 10.0. The van der Waals surface area contributed by atoms with Gasteiger partial charge in [0.25, 0.3) is 5.91 Å². The van der Waals surface area contributed by atoms with E-state index in [9.17, 15) is 4.79 Å². The highest BCUT2D eigenvalue weighted by Crippen LogP contribution is 2.22. The monoisotopic (exact) mass is 265 g/mol. The third-order valence-corrected chi connectivity index (χ3v) is 3.10. The molecule has 0 atom stereocenters. The lowest BCUT2D eigenvalue weighted by Gasteiger charge is -2.13. The number of amides is 1. The van der Waals surface area contributed by atoms with E-state index in [-0.39, 0.29) is 11.5 Å². The van der Waals surface area contributed by atoms with Gasteiger partial charge in [-0.15, -0.1) is 0 Å². The lowest BCUT2D eigenvalue weighted by Crippen LogP contribution is -2.15. The highest BCUT2D eigenvalue weighted by atomic mass is 16.1. The van der Waals surface area contributed by atoms with Gasteiger partial charge < -0.3 is 5.32 Å². The minimum absolute atomic E-state index is 0.286. The molecule has 0 spiro atoms. The third kappa shape index (κ3) is 2.67. The van der Waals surface area contributed by atoms with Gasteiger partial charge in [-0.2, -0.15) is 5.26 Å². The number of hydrogen-bond donors (Lipinski definition) is 1. The van der Waals surface area contributed by atoms with Crippen molar-refractivity contribution in [2.24, 2.45) is 0 Å². The van der Waals surface area contributed by atoms with Crippen molar-refractivity contribution in [3.63, 3.8) is 0 Å². The van der Waals surface area contributed by atoms with Crippen LogP contribution in [-0.2, 0) is 0 Å². The molecule has 2 rings (SSSR count). The van der Waals surface area contributed by atoms with Gasteiger partial charge in [-0.3, -0.25) is 9.78 Å². The number of aromatic nitrogens is 1. The van der Waals surface area contributed by atoms with E-state index in [1.54, 1.807) is 0 Å². The quantitative estimate of drug-likeness (QED) is 0.907. The second-order valence-corrected chi connectivity index (χ2v) is 4.76. The number of nitrogens with one attached hydrogen (secondary N) is 1. The maximum atomic E-state index is 12.3. The average molecular weight is 265 g/mol. The van der Waals surface area contributed by atoms with Crippen molar-refractivity contribution in [3.05, 3.63) is 58.4 Å². The van der Waals surface area contributed by atoms with E-state index in [1.807, 2.05) is 39.0 Å². The summed E-state index contributed by atoms with van der Waals surface area (Å²) in [5, 5.41) is 11.9. The fourth-order valence-corrected chi connectivity index (χ4v) is 2.23. The normalized spacial score (nSPS) is 9.90. The Kier molecular flexibility index (Phi) is 3.81. The van der Waals surface area contributed by atoms with Gasteiger partial charge in [-0.25, -0.2) is 0 Å². The van der Waals surface area contributed by atoms with Crippen LogP contribution in [0, 0.1) is 32.1 Å². The summed E-state index contributed by atoms with van der Waals surface area (Å²) in [4.78, 5) is 16.2. The molecule has 0 fully saturated rings. The highest BCUT2D eigenvalue weighted by Gasteiger charge is 2.14. The topological polar surface area (TPSA) is 65.8 Å². The zero-order valence-corrected chi connectivity index (χ0v) is 11.7. The summed E-state index contributed by atoms with van der Waals surface area (Å²) in [6.07, 6.45) is 2.91. The first-order valence-corrected chi connectivity index (χ1v) is 6.26. The first-order valence-electron chi connectivity index (χ1n) is 6.26. The zero-order valence-electron chi connectivity index (χ0n) is 11.7. The van der Waals surface area contributed by atoms with Crippen molar-refractivity contribution in [1.29, 1.82) is 5.26 Å². The van der Waals surface area contributed by atoms with E-state index in [0.717, 1.165) is 22.4 Å². The second-order valence-electron chi connectivity index (χ2n) is 4.76. The Morgan fingerprint density at radius 1 is 1.25 bits per heavy atom. The zero-order chi connectivity index (χ0) is 14.7. The van der Waals surface area contributed by atoms with Crippen LogP contribution in [0.5, 0.6) is 0 Å². The summed E-state index contributed by atoms with van der Waals surface area (Å²) in [6, 6.07) is 7.55. The molecule has 2 aromatic rings. The van der Waals surface area contributed by atoms with Gasteiger partial charge in [0.1, 0.15) is 6.07 Å². The van der Waals surface area contributed by atoms with E-state index >= 15 is 0 Å². The maximum absolute atomic E-state index is 12.3. The Balaban J connectivity index is 2.36. The highest BCUT2D eigenvalue weighted by molar-refractivity contribution is 6.06. The van der Waals surface area contributed by atoms with Gasteiger partial charge in [0, 0.05) is 18.1 Å². The summed E-state index contributed by atoms with van der Waals surface area (Å²) >= 11 is 0. The van der Waals surface area contributed by atoms with Gasteiger partial charge >= 0.3 is 0 Å². The molecule has 100 valence electrons. The molecule has 0 bridgehead atoms. The first-order chi connectivity index (χ1) is 9.52. The van der Waals surface area contributed by atoms with Gasteiger partial charge in [0.15, 0.2) is 0 Å². The molecular formula is C16H15N3O. The lowest BCUT2D eigenvalue weighted by molar-refractivity contribution is 0.102. The number of benzene rings is 1. The van der Waals surface area contributed by atoms with Crippen LogP contribution >= 0.6 is 0 Å². The summed E-state index contributed by atoms with van der Waals surface area (Å²) in [6.45, 7) is 5.91. The number of nitriles is 1. The fraction of sp³-hybridized carbons (Fsp3) is 0.188. The van der Waals surface area contributed by atoms with Gasteiger partial charge in [-0.1, -0.05) is 17.7 Å². The van der Waals surface area contributed by atoms with Crippen molar-refractivity contribution in [2.45, 2.75) is 20.8 Å². The van der Waals surface area contributed by atoms with Gasteiger partial charge in [0.2, 0.25) is 0 Å². The number of hydrogen-bond acceptors (Lipinski definition) is 3. The predicted molar refractivity (Wildman–Crippen MR) is 77.6 cm³/mol. The number of carbonyl (C=O) groups is 1. The standard InChI is InChI=1S/C16H15N3O/c1-10-6-11(2)15(12(3)7-10)19-16(20)14-9-18-5-4-13(14)8-17/h4-7,9H,1-3H3,(H,19,20). The minimum Gasteiger partial charge on any atom is -0.321 e. The van der Waals surface area contributed by atoms with Gasteiger partial charge in [0.05, 0.1) is 11.1 Å². The van der Waals surface area contributed by atoms with E-state index in [1.165, 1.54) is 18.5 Å². The Labute approximate surface area is 118 Å². The molecule has 0 unspecified atom stereocenters. The van der Waals surface area contributed by atoms with E-state index in [2.05, 4.69) is 10.3 Å². The number of pyridine rings is 1. The molecule has 0 aliphatic rings. The van der Waals surface area contributed by atoms with Crippen LogP contribution in [0.15, 0.2) is 30.6 Å². The number of anilines is 1. The SMILES string of the molecule is Cc1cc(C)c(NC(=O)c2cnccc2C#N)c(C)c1. The molecule has 20 heavy (non-hydrogen) atoms. The molecule has 1 aromatic heterocycles. The molecule has 1 heterocycles. The third-order valence-electron chi connectivity index (χ3n) is 3.10. The molecule has 1 aromatic carbocycles. The number of carbonyl (C=O) groups excluding carboxylic acids is 1. The Morgan fingerprint density at radius 2 is 1.90 bits per heavy atom. The summed E-state index contributed by atoms with van der Waals surface area (Å²) in [7, 11) is 0. The molecule has 0 aliphatic heterocycles. The molecule has 0 saturated heterocycles. The summed E-state index contributed by atoms with van der Waals surface area (Å²) in [5.74, 6) is -0.315. The number of nitrogens with zero attached hydrogens (tertiary/aromatic N) is 2. The Hall–Kier alpha value is -2.67. The minimum atomic E-state index is -0.315. The van der Waals surface area contributed by atoms with E-state index in [0.29, 0.717) is 5.56 Å². The van der Waals surface area contributed by atoms with E-state index in [4.69, 9.17) is 5.26 Å². The first kappa shape index (κ1) is 13.8. The van der Waals surface area contributed by atoms with Crippen molar-refractivity contribution < 1.29 is 4.79 Å². The molecular weight excluding hydrogens is 250 g/mol. The maximum Gasteiger partial charge on any atom is 0.258 e. The van der Waals surface area contributed by atoms with Crippen LogP contribution in [0.2, 0.25) is 0 Å². The van der Waals surface area contributed by atoms with Gasteiger partial charge in [-0.05, 0) is 38.0 Å². The molecule has 1 amide bonds. The predicted octanol–water partition coefficient (Wildman–Crippen LogP) is 3.13. The second kappa shape index (κ2) is 5.54. The molecule has 1 N–H and O–H groups in total. The van der Waals surface area contributed by atoms with Crippen molar-refractivity contribution in [1.82, 2.24) is 4.98 Å². The molecule has 0 radical (unpaired) electrons. The van der Waals surface area contributed by atoms with E-state index < -0.39 is 0 Å². The van der Waals surface area contributed by atoms with Crippen LogP contribution in [0.1, 0.15) is 32.6 Å². The molecule has 0 aliphatic carbocycles. The average Bonchev–Trinajstić information content (AvgIpc) is 2.42. The van der Waals surface area contributed by atoms with Crippen molar-refractivity contribution >= 4 is 11.6 Å². The molecule has 4 nitrogen and oxygen atoms in total. The van der Waals surface area contributed by atoms with Crippen LogP contribution in [-0.4, -0.2) is 10.9 Å². The van der Waals surface area contributed by atoms with Crippen LogP contribution in [0.25, 0.3) is 0 Å². The molecule has 4 heteroatoms. The molecule has 0 saturated carbocycles. The summed E-state index contributed by atoms with van der Waals surface area (Å²) in [5.41, 5.74) is 4.54. The number of rotatable bonds is 2. The largest absolute Gasteiger partial charge is 0.321 e. The number of aryl methyl sites for hydroxylation is 3. The smallest absolute Gasteiger partial charge is 0.258 e.